The van der Waals surface area contributed by atoms with Crippen molar-refractivity contribution in [3.8, 4) is 0 Å². The Hall–Kier alpha value is -2.51. The summed E-state index contributed by atoms with van der Waals surface area (Å²) in [6, 6.07) is 4.19. The van der Waals surface area contributed by atoms with Crippen molar-refractivity contribution in [2.75, 3.05) is 12.8 Å². The molecule has 0 amide bonds. The van der Waals surface area contributed by atoms with Crippen LogP contribution in [0, 0.1) is 0 Å². The number of halogens is 3. The van der Waals surface area contributed by atoms with Crippen molar-refractivity contribution in [1.29, 1.82) is 0 Å². The minimum Gasteiger partial charge on any atom is -0.290 e. The molecule has 1 heterocycles. The normalized spacial score (nSPS) is 13.0. The van der Waals surface area contributed by atoms with Gasteiger partial charge in [0, 0.05) is 6.54 Å². The monoisotopic (exact) mass is 407 g/mol. The van der Waals surface area contributed by atoms with E-state index >= 15 is 0 Å². The minimum absolute atomic E-state index is 0.00531. The second-order valence-corrected chi connectivity index (χ2v) is 7.28. The largest absolute Gasteiger partial charge is 0.416 e. The lowest BCUT2D eigenvalue weighted by Crippen LogP contribution is -2.24. The van der Waals surface area contributed by atoms with E-state index in [2.05, 4.69) is 24.7 Å². The number of hydrogen-bond acceptors (Lipinski definition) is 7. The first kappa shape index (κ1) is 20.8. The van der Waals surface area contributed by atoms with Crippen LogP contribution in [0.15, 0.2) is 33.9 Å². The van der Waals surface area contributed by atoms with Crippen LogP contribution < -0.4 is 10.2 Å². The van der Waals surface area contributed by atoms with Gasteiger partial charge in [-0.05, 0) is 36.2 Å². The summed E-state index contributed by atoms with van der Waals surface area (Å²) in [4.78, 5) is 3.90. The van der Waals surface area contributed by atoms with Crippen LogP contribution in [0.3, 0.4) is 0 Å². The molecule has 0 aliphatic rings. The Morgan fingerprint density at radius 2 is 2.07 bits per heavy atom. The molecule has 148 valence electrons. The molecule has 0 saturated heterocycles. The second kappa shape index (κ2) is 8.45. The number of nitrogens with zero attached hydrogens (tertiary/aromatic N) is 3. The van der Waals surface area contributed by atoms with Crippen LogP contribution in [0.25, 0.3) is 0 Å². The number of benzene rings is 1. The third-order valence-corrected chi connectivity index (χ3v) is 3.98. The summed E-state index contributed by atoms with van der Waals surface area (Å²) in [6.45, 7) is 0.137. The first-order chi connectivity index (χ1) is 12.6. The van der Waals surface area contributed by atoms with Crippen LogP contribution in [0.2, 0.25) is 0 Å². The molecule has 0 aliphatic carbocycles. The Kier molecular flexibility index (Phi) is 6.51. The van der Waals surface area contributed by atoms with Gasteiger partial charge in [-0.1, -0.05) is 11.2 Å². The predicted molar refractivity (Wildman–Crippen MR) is 88.0 cm³/mol. The first-order valence-electron chi connectivity index (χ1n) is 7.52. The number of sulfonamides is 1. The fraction of sp³-hybridized carbons (Fsp3) is 0.357. The van der Waals surface area contributed by atoms with Gasteiger partial charge in [0.2, 0.25) is 10.0 Å². The van der Waals surface area contributed by atoms with Gasteiger partial charge in [0.1, 0.15) is 5.69 Å². The molecule has 27 heavy (non-hydrogen) atoms. The van der Waals surface area contributed by atoms with Crippen molar-refractivity contribution >= 4 is 21.5 Å². The van der Waals surface area contributed by atoms with Crippen LogP contribution in [-0.4, -0.2) is 42.6 Å². The van der Waals surface area contributed by atoms with E-state index in [1.165, 1.54) is 12.1 Å². The van der Waals surface area contributed by atoms with Crippen molar-refractivity contribution in [3.05, 3.63) is 41.2 Å². The Bertz CT molecular complexity index is 911. The number of hydroxylamine groups is 1. The highest BCUT2D eigenvalue weighted by atomic mass is 32.2. The van der Waals surface area contributed by atoms with E-state index < -0.39 is 21.8 Å². The smallest absolute Gasteiger partial charge is 0.290 e. The van der Waals surface area contributed by atoms with E-state index in [4.69, 9.17) is 0 Å². The average Bonchev–Trinajstić information content (AvgIpc) is 3.03. The van der Waals surface area contributed by atoms with Gasteiger partial charge in [0.05, 0.1) is 17.5 Å². The number of aromatic nitrogens is 2. The molecule has 0 spiro atoms. The number of nitrogens with one attached hydrogen (secondary N) is 2. The Balaban J connectivity index is 2.19. The molecule has 1 aromatic carbocycles. The first-order valence-corrected chi connectivity index (χ1v) is 9.42. The molecule has 0 unspecified atom stereocenters. The topological polar surface area (TPSA) is 130 Å². The Morgan fingerprint density at radius 3 is 2.70 bits per heavy atom. The molecule has 1 aromatic heterocycles. The van der Waals surface area contributed by atoms with Gasteiger partial charge in [-0.15, -0.1) is 0 Å². The maximum absolute atomic E-state index is 12.8. The number of hydrogen-bond donors (Lipinski definition) is 3. The van der Waals surface area contributed by atoms with Gasteiger partial charge in [-0.3, -0.25) is 10.7 Å². The third-order valence-electron chi connectivity index (χ3n) is 3.26. The van der Waals surface area contributed by atoms with E-state index in [0.29, 0.717) is 6.42 Å². The standard InChI is InChI=1S/C14H16F3N5O4S/c1-27(24,25)18-7-3-6-11-12(22-26-21-11)13(20-23)19-10-5-2-4-9(8-10)14(15,16)17/h2,4-5,8,18,23H,3,6-7H2,1H3,(H,19,20). The number of rotatable bonds is 7. The zero-order valence-corrected chi connectivity index (χ0v) is 14.8. The molecule has 3 N–H and O–H groups in total. The molecule has 0 saturated carbocycles. The van der Waals surface area contributed by atoms with Crippen LogP contribution in [0.1, 0.15) is 23.4 Å². The predicted octanol–water partition coefficient (Wildman–Crippen LogP) is 1.63. The van der Waals surface area contributed by atoms with Crippen LogP contribution in [0.5, 0.6) is 0 Å². The van der Waals surface area contributed by atoms with E-state index in [1.807, 2.05) is 0 Å². The molecule has 2 rings (SSSR count). The molecule has 0 aliphatic heterocycles. The summed E-state index contributed by atoms with van der Waals surface area (Å²) in [6.07, 6.45) is -2.95. The van der Waals surface area contributed by atoms with Crippen molar-refractivity contribution in [3.63, 3.8) is 0 Å². The van der Waals surface area contributed by atoms with Gasteiger partial charge < -0.3 is 0 Å². The SMILES string of the molecule is CS(=O)(=O)NCCCc1nonc1C(=Nc1cccc(C(F)(F)F)c1)NO. The zero-order valence-electron chi connectivity index (χ0n) is 14.0. The molecular formula is C14H16F3N5O4S. The van der Waals surface area contributed by atoms with Crippen molar-refractivity contribution in [2.45, 2.75) is 19.0 Å². The lowest BCUT2D eigenvalue weighted by Gasteiger charge is -2.07. The van der Waals surface area contributed by atoms with Crippen molar-refractivity contribution < 1.29 is 31.4 Å². The molecular weight excluding hydrogens is 391 g/mol. The van der Waals surface area contributed by atoms with Crippen LogP contribution >= 0.6 is 0 Å². The molecule has 0 atom stereocenters. The molecule has 9 nitrogen and oxygen atoms in total. The number of amidine groups is 1. The van der Waals surface area contributed by atoms with E-state index in [-0.39, 0.29) is 35.9 Å². The third kappa shape index (κ3) is 6.30. The maximum Gasteiger partial charge on any atom is 0.416 e. The summed E-state index contributed by atoms with van der Waals surface area (Å²) < 4.78 is 67.3. The average molecular weight is 407 g/mol. The molecule has 0 fully saturated rings. The van der Waals surface area contributed by atoms with Crippen LogP contribution in [0.4, 0.5) is 18.9 Å². The van der Waals surface area contributed by atoms with Crippen molar-refractivity contribution in [1.82, 2.24) is 20.5 Å². The highest BCUT2D eigenvalue weighted by Gasteiger charge is 2.30. The van der Waals surface area contributed by atoms with E-state index in [9.17, 15) is 26.8 Å². The summed E-state index contributed by atoms with van der Waals surface area (Å²) >= 11 is 0. The molecule has 2 aromatic rings. The van der Waals surface area contributed by atoms with Crippen LogP contribution in [-0.2, 0) is 22.6 Å². The molecule has 0 bridgehead atoms. The summed E-state index contributed by atoms with van der Waals surface area (Å²) in [5, 5.41) is 16.5. The summed E-state index contributed by atoms with van der Waals surface area (Å²) in [7, 11) is -3.33. The van der Waals surface area contributed by atoms with Gasteiger partial charge in [-0.25, -0.2) is 22.8 Å². The molecule has 0 radical (unpaired) electrons. The van der Waals surface area contributed by atoms with E-state index in [1.54, 1.807) is 5.48 Å². The highest BCUT2D eigenvalue weighted by molar-refractivity contribution is 7.88. The van der Waals surface area contributed by atoms with Gasteiger partial charge in [0.15, 0.2) is 11.5 Å². The van der Waals surface area contributed by atoms with Gasteiger partial charge in [0.25, 0.3) is 0 Å². The zero-order chi connectivity index (χ0) is 20.1. The Morgan fingerprint density at radius 1 is 1.33 bits per heavy atom. The molecule has 13 heteroatoms. The number of aliphatic imine (C=N–C) groups is 1. The summed E-state index contributed by atoms with van der Waals surface area (Å²) in [5.74, 6) is -0.262. The maximum atomic E-state index is 12.8. The second-order valence-electron chi connectivity index (χ2n) is 5.45. The van der Waals surface area contributed by atoms with Gasteiger partial charge >= 0.3 is 6.18 Å². The fourth-order valence-electron chi connectivity index (χ4n) is 2.08. The van der Waals surface area contributed by atoms with Gasteiger partial charge in [-0.2, -0.15) is 13.2 Å². The van der Waals surface area contributed by atoms with E-state index in [0.717, 1.165) is 18.4 Å². The quantitative estimate of drug-likeness (QED) is 0.275. The highest BCUT2D eigenvalue weighted by Crippen LogP contribution is 2.31. The lowest BCUT2D eigenvalue weighted by molar-refractivity contribution is -0.137. The number of aryl methyl sites for hydroxylation is 1. The van der Waals surface area contributed by atoms with Crippen molar-refractivity contribution in [2.24, 2.45) is 4.99 Å². The summed E-state index contributed by atoms with van der Waals surface area (Å²) in [5.41, 5.74) is 1.03. The Labute approximate surface area is 152 Å². The minimum atomic E-state index is -4.54. The fourth-order valence-corrected chi connectivity index (χ4v) is 2.59. The number of alkyl halides is 3. The lowest BCUT2D eigenvalue weighted by atomic mass is 10.2.